The molecule has 0 spiro atoms. The Morgan fingerprint density at radius 1 is 0.780 bits per heavy atom. The maximum absolute atomic E-state index is 13.0. The minimum absolute atomic E-state index is 0.196. The number of ether oxygens (including phenoxy) is 4. The number of carbonyl (C=O) groups excluding carboxylic acids is 1. The van der Waals surface area contributed by atoms with Crippen LogP contribution >= 0.6 is 12.6 Å². The first-order valence-electron chi connectivity index (χ1n) is 14.3. The van der Waals surface area contributed by atoms with Crippen LogP contribution in [0.5, 0.6) is 0 Å². The lowest BCUT2D eigenvalue weighted by Crippen LogP contribution is -2.68. The fourth-order valence-electron chi connectivity index (χ4n) is 5.67. The predicted octanol–water partition coefficient (Wildman–Crippen LogP) is 5.25. The van der Waals surface area contributed by atoms with Gasteiger partial charge in [0, 0.05) is 13.2 Å². The van der Waals surface area contributed by atoms with E-state index in [-0.39, 0.29) is 11.6 Å². The highest BCUT2D eigenvalue weighted by Gasteiger charge is 2.53. The van der Waals surface area contributed by atoms with Crippen molar-refractivity contribution in [3.8, 4) is 0 Å². The molecule has 1 heterocycles. The molecule has 5 atom stereocenters. The largest absolute Gasteiger partial charge is 0.452 e. The first kappa shape index (κ1) is 31.5. The zero-order chi connectivity index (χ0) is 29.5. The maximum atomic E-state index is 13.0. The van der Waals surface area contributed by atoms with E-state index in [1.54, 1.807) is 24.3 Å². The minimum Gasteiger partial charge on any atom is -0.452 e. The van der Waals surface area contributed by atoms with E-state index in [2.05, 4.69) is 69.3 Å². The maximum Gasteiger partial charge on any atom is 0.338 e. The third kappa shape index (κ3) is 6.96. The molecule has 0 aliphatic carbocycles. The lowest BCUT2D eigenvalue weighted by molar-refractivity contribution is -0.230. The molecular formula is C33H42O6SSi. The molecule has 1 aliphatic rings. The summed E-state index contributed by atoms with van der Waals surface area (Å²) in [7, 11) is -2.82. The van der Waals surface area contributed by atoms with Crippen molar-refractivity contribution in [2.75, 3.05) is 19.8 Å². The normalized spacial score (nSPS) is 23.2. The van der Waals surface area contributed by atoms with Crippen molar-refractivity contribution < 1.29 is 28.2 Å². The Kier molecular flexibility index (Phi) is 10.9. The number of hydrogen-bond acceptors (Lipinski definition) is 7. The lowest BCUT2D eigenvalue weighted by atomic mass is 9.99. The number of thiol groups is 1. The van der Waals surface area contributed by atoms with Crippen LogP contribution in [0.1, 0.15) is 45.0 Å². The van der Waals surface area contributed by atoms with Crippen LogP contribution in [0.25, 0.3) is 0 Å². The number of hydrogen-bond donors (Lipinski definition) is 1. The Bertz CT molecular complexity index is 1180. The quantitative estimate of drug-likeness (QED) is 0.186. The van der Waals surface area contributed by atoms with Gasteiger partial charge in [-0.15, -0.1) is 12.6 Å². The van der Waals surface area contributed by atoms with Crippen molar-refractivity contribution in [1.29, 1.82) is 0 Å². The van der Waals surface area contributed by atoms with E-state index in [1.165, 1.54) is 10.4 Å². The molecule has 3 aromatic carbocycles. The molecule has 41 heavy (non-hydrogen) atoms. The van der Waals surface area contributed by atoms with E-state index in [9.17, 15) is 4.79 Å². The van der Waals surface area contributed by atoms with Crippen LogP contribution in [-0.2, 0) is 23.4 Å². The van der Waals surface area contributed by atoms with Gasteiger partial charge < -0.3 is 23.4 Å². The molecule has 0 aromatic heterocycles. The van der Waals surface area contributed by atoms with Gasteiger partial charge in [0.05, 0.1) is 12.2 Å². The van der Waals surface area contributed by atoms with E-state index in [1.807, 2.05) is 32.0 Å². The summed E-state index contributed by atoms with van der Waals surface area (Å²) in [6, 6.07) is 29.9. The smallest absolute Gasteiger partial charge is 0.338 e. The Morgan fingerprint density at radius 3 is 1.76 bits per heavy atom. The van der Waals surface area contributed by atoms with Crippen LogP contribution in [0.15, 0.2) is 91.0 Å². The molecule has 4 rings (SSSR count). The molecule has 6 nitrogen and oxygen atoms in total. The van der Waals surface area contributed by atoms with Crippen LogP contribution < -0.4 is 10.4 Å². The molecule has 1 fully saturated rings. The molecule has 0 unspecified atom stereocenters. The molecule has 1 aliphatic heterocycles. The molecule has 0 saturated carbocycles. The molecule has 1 saturated heterocycles. The van der Waals surface area contributed by atoms with Gasteiger partial charge in [0.2, 0.25) is 0 Å². The standard InChI is InChI=1S/C33H42O6SSi/c1-6-35-28-27(38-32(40)30(29(28)36-7-2)39-31(34)24-17-11-8-12-18-24)23-37-41(33(3,4)5,25-19-13-9-14-20-25)26-21-15-10-16-22-26/h8-22,27-30,32,40H,6-7,23H2,1-5H3/t27-,28+,29+,30-,32+/m1/s1. The van der Waals surface area contributed by atoms with Crippen LogP contribution in [0.3, 0.4) is 0 Å². The van der Waals surface area contributed by atoms with Crippen molar-refractivity contribution in [3.63, 3.8) is 0 Å². The third-order valence-electron chi connectivity index (χ3n) is 7.46. The van der Waals surface area contributed by atoms with Crippen molar-refractivity contribution in [3.05, 3.63) is 96.6 Å². The van der Waals surface area contributed by atoms with E-state index >= 15 is 0 Å². The van der Waals surface area contributed by atoms with Crippen molar-refractivity contribution in [2.24, 2.45) is 0 Å². The van der Waals surface area contributed by atoms with Gasteiger partial charge in [-0.1, -0.05) is 99.6 Å². The summed E-state index contributed by atoms with van der Waals surface area (Å²) in [6.07, 6.45) is -2.39. The van der Waals surface area contributed by atoms with E-state index in [0.717, 1.165) is 0 Å². The first-order chi connectivity index (χ1) is 19.7. The average molecular weight is 595 g/mol. The van der Waals surface area contributed by atoms with Gasteiger partial charge >= 0.3 is 5.97 Å². The number of esters is 1. The van der Waals surface area contributed by atoms with Gasteiger partial charge in [0.1, 0.15) is 23.7 Å². The Balaban J connectivity index is 1.66. The predicted molar refractivity (Wildman–Crippen MR) is 168 cm³/mol. The van der Waals surface area contributed by atoms with Crippen molar-refractivity contribution >= 4 is 37.3 Å². The van der Waals surface area contributed by atoms with Gasteiger partial charge in [0.25, 0.3) is 8.32 Å². The minimum atomic E-state index is -2.82. The summed E-state index contributed by atoms with van der Waals surface area (Å²) in [5, 5.41) is 2.17. The highest BCUT2D eigenvalue weighted by Crippen LogP contribution is 2.38. The summed E-state index contributed by atoms with van der Waals surface area (Å²) < 4.78 is 32.0. The fourth-order valence-corrected chi connectivity index (χ4v) is 10.6. The molecule has 0 bridgehead atoms. The summed E-state index contributed by atoms with van der Waals surface area (Å²) in [5.41, 5.74) is -0.281. The van der Waals surface area contributed by atoms with Crippen LogP contribution in [0.2, 0.25) is 5.04 Å². The van der Waals surface area contributed by atoms with Crippen LogP contribution in [0.4, 0.5) is 0 Å². The Labute approximate surface area is 250 Å². The summed E-state index contributed by atoms with van der Waals surface area (Å²) in [5.74, 6) is -0.458. The zero-order valence-electron chi connectivity index (χ0n) is 24.6. The van der Waals surface area contributed by atoms with Crippen molar-refractivity contribution in [2.45, 2.75) is 69.5 Å². The third-order valence-corrected chi connectivity index (χ3v) is 12.9. The lowest BCUT2D eigenvalue weighted by Gasteiger charge is -2.47. The van der Waals surface area contributed by atoms with Gasteiger partial charge in [-0.3, -0.25) is 0 Å². The molecular weight excluding hydrogens is 553 g/mol. The highest BCUT2D eigenvalue weighted by atomic mass is 32.1. The Hall–Kier alpha value is -2.46. The highest BCUT2D eigenvalue weighted by molar-refractivity contribution is 7.80. The van der Waals surface area contributed by atoms with Crippen LogP contribution in [0, 0.1) is 0 Å². The average Bonchev–Trinajstić information content (AvgIpc) is 2.98. The first-order valence-corrected chi connectivity index (χ1v) is 16.7. The van der Waals surface area contributed by atoms with E-state index < -0.39 is 44.1 Å². The number of benzene rings is 3. The second kappa shape index (κ2) is 14.1. The molecule has 0 amide bonds. The second-order valence-corrected chi connectivity index (χ2v) is 15.9. The zero-order valence-corrected chi connectivity index (χ0v) is 26.5. The molecule has 0 radical (unpaired) electrons. The number of rotatable bonds is 11. The van der Waals surface area contributed by atoms with E-state index in [4.69, 9.17) is 36.0 Å². The van der Waals surface area contributed by atoms with Gasteiger partial charge in [-0.2, -0.15) is 0 Å². The Morgan fingerprint density at radius 2 is 1.27 bits per heavy atom. The van der Waals surface area contributed by atoms with Crippen molar-refractivity contribution in [1.82, 2.24) is 0 Å². The summed E-state index contributed by atoms with van der Waals surface area (Å²) >= 11 is 4.75. The SMILES string of the molecule is CCO[C@@H]1[C@@H](OC(=O)c2ccccc2)[C@H](S)O[C@H](CO[Si](c2ccccc2)(c2ccccc2)C(C)(C)C)[C@@H]1OCC. The molecule has 0 N–H and O–H groups in total. The summed E-state index contributed by atoms with van der Waals surface area (Å²) in [4.78, 5) is 13.0. The van der Waals surface area contributed by atoms with Gasteiger partial charge in [-0.05, 0) is 41.4 Å². The number of carbonyl (C=O) groups is 1. The summed E-state index contributed by atoms with van der Waals surface area (Å²) in [6.45, 7) is 11.7. The van der Waals surface area contributed by atoms with Gasteiger partial charge in [0.15, 0.2) is 6.10 Å². The molecule has 220 valence electrons. The van der Waals surface area contributed by atoms with Gasteiger partial charge in [-0.25, -0.2) is 4.79 Å². The topological polar surface area (TPSA) is 63.2 Å². The second-order valence-electron chi connectivity index (χ2n) is 11.1. The molecule has 3 aromatic rings. The monoisotopic (exact) mass is 594 g/mol. The molecule has 8 heteroatoms. The van der Waals surface area contributed by atoms with E-state index in [0.29, 0.717) is 18.8 Å². The fraction of sp³-hybridized carbons (Fsp3) is 0.424. The van der Waals surface area contributed by atoms with Crippen LogP contribution in [-0.4, -0.2) is 64.0 Å².